The average molecular weight is 310 g/mol. The van der Waals surface area contributed by atoms with Crippen LogP contribution in [0.1, 0.15) is 30.5 Å². The molecule has 0 radical (unpaired) electrons. The minimum atomic E-state index is -0.828. The maximum atomic E-state index is 13.5. The summed E-state index contributed by atoms with van der Waals surface area (Å²) in [7, 11) is 0. The first-order valence-corrected chi connectivity index (χ1v) is 7.41. The van der Waals surface area contributed by atoms with Crippen LogP contribution in [-0.2, 0) is 6.42 Å². The second-order valence-electron chi connectivity index (χ2n) is 4.98. The van der Waals surface area contributed by atoms with Crippen LogP contribution in [0.3, 0.4) is 0 Å². The van der Waals surface area contributed by atoms with Crippen molar-refractivity contribution in [3.05, 3.63) is 70.2 Å². The SMILES string of the molecule is CCCNC(Cc1ccccc1Cl)c1ccc(F)c(F)c1. The van der Waals surface area contributed by atoms with Gasteiger partial charge in [-0.05, 0) is 48.7 Å². The predicted molar refractivity (Wildman–Crippen MR) is 82.5 cm³/mol. The molecule has 0 aliphatic rings. The molecule has 1 atom stereocenters. The highest BCUT2D eigenvalue weighted by Crippen LogP contribution is 2.24. The monoisotopic (exact) mass is 309 g/mol. The minimum Gasteiger partial charge on any atom is -0.310 e. The molecule has 0 aliphatic carbocycles. The number of halogens is 3. The van der Waals surface area contributed by atoms with E-state index in [4.69, 9.17) is 11.6 Å². The van der Waals surface area contributed by atoms with Crippen molar-refractivity contribution < 1.29 is 8.78 Å². The molecule has 2 rings (SSSR count). The molecule has 1 nitrogen and oxygen atoms in total. The van der Waals surface area contributed by atoms with E-state index in [9.17, 15) is 8.78 Å². The number of benzene rings is 2. The second kappa shape index (κ2) is 7.53. The Bertz CT molecular complexity index is 601. The Morgan fingerprint density at radius 1 is 1.10 bits per heavy atom. The smallest absolute Gasteiger partial charge is 0.159 e. The van der Waals surface area contributed by atoms with Gasteiger partial charge >= 0.3 is 0 Å². The zero-order chi connectivity index (χ0) is 15.2. The van der Waals surface area contributed by atoms with Gasteiger partial charge in [0.2, 0.25) is 0 Å². The molecular weight excluding hydrogens is 292 g/mol. The maximum Gasteiger partial charge on any atom is 0.159 e. The van der Waals surface area contributed by atoms with Crippen LogP contribution in [-0.4, -0.2) is 6.54 Å². The Morgan fingerprint density at radius 2 is 1.86 bits per heavy atom. The lowest BCUT2D eigenvalue weighted by atomic mass is 9.98. The molecule has 0 fully saturated rings. The summed E-state index contributed by atoms with van der Waals surface area (Å²) in [5.74, 6) is -1.65. The van der Waals surface area contributed by atoms with Gasteiger partial charge in [-0.2, -0.15) is 0 Å². The summed E-state index contributed by atoms with van der Waals surface area (Å²) in [6, 6.07) is 11.5. The summed E-state index contributed by atoms with van der Waals surface area (Å²) in [5.41, 5.74) is 1.71. The number of hydrogen-bond acceptors (Lipinski definition) is 1. The third-order valence-corrected chi connectivity index (χ3v) is 3.74. The van der Waals surface area contributed by atoms with Gasteiger partial charge in [0.05, 0.1) is 0 Å². The summed E-state index contributed by atoms with van der Waals surface area (Å²) in [4.78, 5) is 0. The highest BCUT2D eigenvalue weighted by molar-refractivity contribution is 6.31. The Hall–Kier alpha value is -1.45. The first kappa shape index (κ1) is 15.9. The fourth-order valence-electron chi connectivity index (χ4n) is 2.24. The van der Waals surface area contributed by atoms with Crippen LogP contribution in [0.4, 0.5) is 8.78 Å². The molecular formula is C17H18ClF2N. The Morgan fingerprint density at radius 3 is 2.52 bits per heavy atom. The first-order chi connectivity index (χ1) is 10.1. The first-order valence-electron chi connectivity index (χ1n) is 7.03. The lowest BCUT2D eigenvalue weighted by Gasteiger charge is -2.20. The van der Waals surface area contributed by atoms with Gasteiger partial charge in [0, 0.05) is 11.1 Å². The van der Waals surface area contributed by atoms with Crippen LogP contribution in [0.5, 0.6) is 0 Å². The summed E-state index contributed by atoms with van der Waals surface area (Å²) >= 11 is 6.18. The van der Waals surface area contributed by atoms with Crippen molar-refractivity contribution in [1.29, 1.82) is 0 Å². The van der Waals surface area contributed by atoms with Crippen molar-refractivity contribution >= 4 is 11.6 Å². The molecule has 0 aromatic heterocycles. The largest absolute Gasteiger partial charge is 0.310 e. The molecule has 1 unspecified atom stereocenters. The lowest BCUT2D eigenvalue weighted by molar-refractivity contribution is 0.493. The van der Waals surface area contributed by atoms with Crippen LogP contribution in [0.15, 0.2) is 42.5 Å². The fraction of sp³-hybridized carbons (Fsp3) is 0.294. The maximum absolute atomic E-state index is 13.5. The van der Waals surface area contributed by atoms with E-state index in [1.165, 1.54) is 6.07 Å². The van der Waals surface area contributed by atoms with E-state index in [1.54, 1.807) is 6.07 Å². The molecule has 21 heavy (non-hydrogen) atoms. The zero-order valence-electron chi connectivity index (χ0n) is 11.9. The van der Waals surface area contributed by atoms with Crippen LogP contribution in [0, 0.1) is 11.6 Å². The third kappa shape index (κ3) is 4.26. The van der Waals surface area contributed by atoms with E-state index in [-0.39, 0.29) is 6.04 Å². The van der Waals surface area contributed by atoms with Gasteiger partial charge in [-0.1, -0.05) is 42.8 Å². The molecule has 0 bridgehead atoms. The van der Waals surface area contributed by atoms with Gasteiger partial charge in [0.15, 0.2) is 11.6 Å². The van der Waals surface area contributed by atoms with Crippen molar-refractivity contribution in [2.24, 2.45) is 0 Å². The molecule has 112 valence electrons. The van der Waals surface area contributed by atoms with E-state index in [2.05, 4.69) is 12.2 Å². The van der Waals surface area contributed by atoms with Gasteiger partial charge in [-0.15, -0.1) is 0 Å². The van der Waals surface area contributed by atoms with Gasteiger partial charge in [-0.3, -0.25) is 0 Å². The molecule has 0 saturated carbocycles. The summed E-state index contributed by atoms with van der Waals surface area (Å²) < 4.78 is 26.5. The Kier molecular flexibility index (Phi) is 5.71. The Labute approximate surface area is 128 Å². The van der Waals surface area contributed by atoms with E-state index in [0.717, 1.165) is 30.2 Å². The number of rotatable bonds is 6. The number of hydrogen-bond donors (Lipinski definition) is 1. The summed E-state index contributed by atoms with van der Waals surface area (Å²) in [6.07, 6.45) is 1.59. The summed E-state index contributed by atoms with van der Waals surface area (Å²) in [6.45, 7) is 2.86. The molecule has 0 amide bonds. The molecule has 0 aliphatic heterocycles. The fourth-order valence-corrected chi connectivity index (χ4v) is 2.45. The van der Waals surface area contributed by atoms with Crippen molar-refractivity contribution in [2.75, 3.05) is 6.54 Å². The van der Waals surface area contributed by atoms with Gasteiger partial charge < -0.3 is 5.32 Å². The van der Waals surface area contributed by atoms with Crippen molar-refractivity contribution in [2.45, 2.75) is 25.8 Å². The van der Waals surface area contributed by atoms with Gasteiger partial charge in [0.25, 0.3) is 0 Å². The highest BCUT2D eigenvalue weighted by atomic mass is 35.5. The molecule has 2 aromatic carbocycles. The Balaban J connectivity index is 2.25. The van der Waals surface area contributed by atoms with E-state index < -0.39 is 11.6 Å². The molecule has 1 N–H and O–H groups in total. The van der Waals surface area contributed by atoms with Crippen molar-refractivity contribution in [3.63, 3.8) is 0 Å². The van der Waals surface area contributed by atoms with Crippen LogP contribution in [0.25, 0.3) is 0 Å². The minimum absolute atomic E-state index is 0.0973. The van der Waals surface area contributed by atoms with Crippen molar-refractivity contribution in [3.8, 4) is 0 Å². The topological polar surface area (TPSA) is 12.0 Å². The normalized spacial score (nSPS) is 12.4. The van der Waals surface area contributed by atoms with E-state index in [1.807, 2.05) is 24.3 Å². The van der Waals surface area contributed by atoms with Crippen LogP contribution < -0.4 is 5.32 Å². The molecule has 2 aromatic rings. The predicted octanol–water partition coefficient (Wildman–Crippen LogP) is 4.90. The van der Waals surface area contributed by atoms with Crippen LogP contribution >= 0.6 is 11.6 Å². The highest BCUT2D eigenvalue weighted by Gasteiger charge is 2.15. The average Bonchev–Trinajstić information content (AvgIpc) is 2.48. The third-order valence-electron chi connectivity index (χ3n) is 3.37. The lowest BCUT2D eigenvalue weighted by Crippen LogP contribution is -2.24. The van der Waals surface area contributed by atoms with Gasteiger partial charge in [0.1, 0.15) is 0 Å². The van der Waals surface area contributed by atoms with E-state index in [0.29, 0.717) is 11.4 Å². The molecule has 4 heteroatoms. The van der Waals surface area contributed by atoms with Crippen LogP contribution in [0.2, 0.25) is 5.02 Å². The van der Waals surface area contributed by atoms with Gasteiger partial charge in [-0.25, -0.2) is 8.78 Å². The number of nitrogens with one attached hydrogen (secondary N) is 1. The molecule has 0 heterocycles. The van der Waals surface area contributed by atoms with Crippen molar-refractivity contribution in [1.82, 2.24) is 5.32 Å². The second-order valence-corrected chi connectivity index (χ2v) is 5.38. The standard InChI is InChI=1S/C17H18ClF2N/c1-2-9-21-17(11-12-5-3-4-6-14(12)18)13-7-8-15(19)16(20)10-13/h3-8,10,17,21H,2,9,11H2,1H3. The zero-order valence-corrected chi connectivity index (χ0v) is 12.6. The molecule has 0 spiro atoms. The van der Waals surface area contributed by atoms with E-state index >= 15 is 0 Å². The quantitative estimate of drug-likeness (QED) is 0.800. The molecule has 0 saturated heterocycles. The summed E-state index contributed by atoms with van der Waals surface area (Å²) in [5, 5.41) is 4.04.